The van der Waals surface area contributed by atoms with E-state index in [2.05, 4.69) is 13.8 Å². The summed E-state index contributed by atoms with van der Waals surface area (Å²) in [7, 11) is 0. The van der Waals surface area contributed by atoms with Crippen molar-refractivity contribution in [1.82, 2.24) is 0 Å². The number of carbonyl (C=O) groups is 3. The van der Waals surface area contributed by atoms with E-state index in [1.165, 1.54) is 0 Å². The number of aliphatic carboxylic acids is 2. The zero-order valence-corrected chi connectivity index (χ0v) is 12.8. The van der Waals surface area contributed by atoms with Crippen molar-refractivity contribution in [3.05, 3.63) is 0 Å². The Labute approximate surface area is 128 Å². The topological polar surface area (TPSA) is 101 Å². The summed E-state index contributed by atoms with van der Waals surface area (Å²) in [6.45, 7) is 4.59. The molecule has 0 amide bonds. The Morgan fingerprint density at radius 2 is 1.91 bits per heavy atom. The van der Waals surface area contributed by atoms with Crippen molar-refractivity contribution in [2.45, 2.75) is 45.6 Å². The molecule has 6 heteroatoms. The first-order chi connectivity index (χ1) is 10.3. The standard InChI is InChI=1S/C16H22O6/c1-15(2)8-5-10-11(13(20)21)9(12(18)19)3-4-16(10,6-8)14(15)22-7-17/h7-11,14H,3-6H2,1-2H3,(H,18,19)(H,20,21)/t8-,9-,10+,11-,14-,16+/m1/s1. The van der Waals surface area contributed by atoms with Crippen molar-refractivity contribution in [2.75, 3.05) is 0 Å². The van der Waals surface area contributed by atoms with Gasteiger partial charge in [-0.05, 0) is 37.5 Å². The minimum Gasteiger partial charge on any atom is -0.481 e. The molecule has 0 aromatic carbocycles. The first-order valence-corrected chi connectivity index (χ1v) is 7.80. The maximum Gasteiger partial charge on any atom is 0.307 e. The summed E-state index contributed by atoms with van der Waals surface area (Å²) in [6.07, 6.45) is 2.19. The molecule has 22 heavy (non-hydrogen) atoms. The molecular weight excluding hydrogens is 288 g/mol. The highest BCUT2D eigenvalue weighted by atomic mass is 16.5. The van der Waals surface area contributed by atoms with Gasteiger partial charge in [-0.25, -0.2) is 0 Å². The second-order valence-electron chi connectivity index (χ2n) is 7.76. The SMILES string of the molecule is CC1(C)[C@@H]2C[C@H]3[C@H](C(=O)O)[C@H](C(=O)O)CC[C@@]3(C2)[C@@H]1OC=O. The number of carboxylic acids is 2. The summed E-state index contributed by atoms with van der Waals surface area (Å²) in [6, 6.07) is 0. The molecule has 0 unspecified atom stereocenters. The maximum absolute atomic E-state index is 11.7. The van der Waals surface area contributed by atoms with Gasteiger partial charge in [-0.1, -0.05) is 13.8 Å². The molecule has 0 radical (unpaired) electrons. The third-order valence-electron chi connectivity index (χ3n) is 6.74. The van der Waals surface area contributed by atoms with Crippen LogP contribution in [-0.4, -0.2) is 34.7 Å². The number of ether oxygens (including phenoxy) is 1. The Morgan fingerprint density at radius 3 is 2.45 bits per heavy atom. The van der Waals surface area contributed by atoms with Crippen LogP contribution in [0.2, 0.25) is 0 Å². The molecule has 0 aromatic rings. The van der Waals surface area contributed by atoms with Gasteiger partial charge in [0.15, 0.2) is 0 Å². The van der Waals surface area contributed by atoms with Crippen molar-refractivity contribution in [2.24, 2.45) is 34.5 Å². The van der Waals surface area contributed by atoms with Crippen LogP contribution in [0.3, 0.4) is 0 Å². The molecule has 1 spiro atoms. The monoisotopic (exact) mass is 310 g/mol. The molecule has 2 bridgehead atoms. The third kappa shape index (κ3) is 1.75. The summed E-state index contributed by atoms with van der Waals surface area (Å²) in [5.41, 5.74) is -0.555. The van der Waals surface area contributed by atoms with Crippen molar-refractivity contribution in [3.63, 3.8) is 0 Å². The fourth-order valence-corrected chi connectivity index (χ4v) is 5.85. The lowest BCUT2D eigenvalue weighted by Gasteiger charge is -2.52. The van der Waals surface area contributed by atoms with Gasteiger partial charge in [0.1, 0.15) is 6.10 Å². The number of hydrogen-bond donors (Lipinski definition) is 2. The molecular formula is C16H22O6. The Hall–Kier alpha value is -1.59. The predicted molar refractivity (Wildman–Crippen MR) is 74.9 cm³/mol. The van der Waals surface area contributed by atoms with E-state index >= 15 is 0 Å². The molecule has 0 aliphatic heterocycles. The van der Waals surface area contributed by atoms with E-state index in [0.29, 0.717) is 25.7 Å². The van der Waals surface area contributed by atoms with Crippen molar-refractivity contribution in [1.29, 1.82) is 0 Å². The van der Waals surface area contributed by atoms with Gasteiger partial charge in [-0.3, -0.25) is 14.4 Å². The molecule has 3 aliphatic rings. The first kappa shape index (κ1) is 15.3. The van der Waals surface area contributed by atoms with Crippen LogP contribution in [0.5, 0.6) is 0 Å². The molecule has 6 atom stereocenters. The Balaban J connectivity index is 2.02. The number of carbonyl (C=O) groups excluding carboxylic acids is 1. The summed E-state index contributed by atoms with van der Waals surface area (Å²) >= 11 is 0. The normalized spacial score (nSPS) is 45.1. The van der Waals surface area contributed by atoms with Crippen molar-refractivity contribution in [3.8, 4) is 0 Å². The van der Waals surface area contributed by atoms with Crippen molar-refractivity contribution >= 4 is 18.4 Å². The van der Waals surface area contributed by atoms with Gasteiger partial charge >= 0.3 is 11.9 Å². The lowest BCUT2D eigenvalue weighted by atomic mass is 9.53. The van der Waals surface area contributed by atoms with E-state index in [0.717, 1.165) is 6.42 Å². The van der Waals surface area contributed by atoms with E-state index < -0.39 is 23.8 Å². The zero-order chi connectivity index (χ0) is 16.3. The quantitative estimate of drug-likeness (QED) is 0.768. The molecule has 3 saturated carbocycles. The van der Waals surface area contributed by atoms with Crippen LogP contribution in [0.15, 0.2) is 0 Å². The molecule has 3 aliphatic carbocycles. The zero-order valence-electron chi connectivity index (χ0n) is 12.8. The van der Waals surface area contributed by atoms with Gasteiger partial charge in [0.05, 0.1) is 11.8 Å². The van der Waals surface area contributed by atoms with Crippen molar-refractivity contribution < 1.29 is 29.3 Å². The fraction of sp³-hybridized carbons (Fsp3) is 0.812. The predicted octanol–water partition coefficient (Wildman–Crippen LogP) is 1.78. The minimum absolute atomic E-state index is 0.184. The number of carboxylic acid groups (broad SMARTS) is 2. The van der Waals surface area contributed by atoms with Crippen LogP contribution in [0.1, 0.15) is 39.5 Å². The number of hydrogen-bond acceptors (Lipinski definition) is 4. The molecule has 0 saturated heterocycles. The van der Waals surface area contributed by atoms with Gasteiger partial charge < -0.3 is 14.9 Å². The van der Waals surface area contributed by atoms with Crippen LogP contribution in [0.25, 0.3) is 0 Å². The molecule has 2 N–H and O–H groups in total. The van der Waals surface area contributed by atoms with Gasteiger partial charge in [-0.2, -0.15) is 0 Å². The number of fused-ring (bicyclic) bond motifs is 1. The summed E-state index contributed by atoms with van der Waals surface area (Å²) in [4.78, 5) is 34.1. The average Bonchev–Trinajstić information content (AvgIpc) is 2.90. The lowest BCUT2D eigenvalue weighted by Crippen LogP contribution is -2.55. The lowest BCUT2D eigenvalue weighted by molar-refractivity contribution is -0.180. The van der Waals surface area contributed by atoms with E-state index in [1.807, 2.05) is 0 Å². The summed E-state index contributed by atoms with van der Waals surface area (Å²) in [5.74, 6) is -3.74. The minimum atomic E-state index is -1.04. The maximum atomic E-state index is 11.7. The summed E-state index contributed by atoms with van der Waals surface area (Å²) in [5, 5.41) is 19.0. The Kier molecular flexibility index (Phi) is 3.27. The second-order valence-corrected chi connectivity index (χ2v) is 7.76. The fourth-order valence-electron chi connectivity index (χ4n) is 5.85. The molecule has 0 heterocycles. The summed E-state index contributed by atoms with van der Waals surface area (Å²) < 4.78 is 5.42. The van der Waals surface area contributed by atoms with E-state index in [9.17, 15) is 24.6 Å². The van der Waals surface area contributed by atoms with Crippen LogP contribution >= 0.6 is 0 Å². The molecule has 0 aromatic heterocycles. The number of rotatable bonds is 4. The van der Waals surface area contributed by atoms with E-state index in [1.54, 1.807) is 0 Å². The highest BCUT2D eigenvalue weighted by molar-refractivity contribution is 5.80. The molecule has 6 nitrogen and oxygen atoms in total. The van der Waals surface area contributed by atoms with Crippen LogP contribution in [0, 0.1) is 34.5 Å². The van der Waals surface area contributed by atoms with Gasteiger partial charge in [0, 0.05) is 10.8 Å². The van der Waals surface area contributed by atoms with Gasteiger partial charge in [0.25, 0.3) is 6.47 Å². The molecule has 3 fully saturated rings. The van der Waals surface area contributed by atoms with Crippen LogP contribution < -0.4 is 0 Å². The van der Waals surface area contributed by atoms with E-state index in [4.69, 9.17) is 4.74 Å². The Morgan fingerprint density at radius 1 is 1.23 bits per heavy atom. The smallest absolute Gasteiger partial charge is 0.307 e. The largest absolute Gasteiger partial charge is 0.481 e. The Bertz CT molecular complexity index is 527. The second kappa shape index (κ2) is 4.70. The molecule has 3 rings (SSSR count). The highest BCUT2D eigenvalue weighted by Crippen LogP contribution is 2.71. The van der Waals surface area contributed by atoms with Crippen LogP contribution in [-0.2, 0) is 19.1 Å². The highest BCUT2D eigenvalue weighted by Gasteiger charge is 2.71. The average molecular weight is 310 g/mol. The van der Waals surface area contributed by atoms with Crippen LogP contribution in [0.4, 0.5) is 0 Å². The third-order valence-corrected chi connectivity index (χ3v) is 6.74. The van der Waals surface area contributed by atoms with Gasteiger partial charge in [-0.15, -0.1) is 0 Å². The van der Waals surface area contributed by atoms with Gasteiger partial charge in [0.2, 0.25) is 0 Å². The molecule has 122 valence electrons. The first-order valence-electron chi connectivity index (χ1n) is 7.80. The van der Waals surface area contributed by atoms with E-state index in [-0.39, 0.29) is 28.8 Å².